The number of anilines is 2. The van der Waals surface area contributed by atoms with E-state index in [-0.39, 0.29) is 11.6 Å². The largest absolute Gasteiger partial charge is 0.367 e. The van der Waals surface area contributed by atoms with Gasteiger partial charge >= 0.3 is 0 Å². The molecule has 0 amide bonds. The Bertz CT molecular complexity index is 1140. The first kappa shape index (κ1) is 27.0. The van der Waals surface area contributed by atoms with E-state index in [4.69, 9.17) is 23.2 Å². The molecule has 4 aromatic rings. The first-order chi connectivity index (χ1) is 17.3. The van der Waals surface area contributed by atoms with Gasteiger partial charge in [-0.05, 0) is 72.8 Å². The highest BCUT2D eigenvalue weighted by molar-refractivity contribution is 6.31. The molecule has 0 saturated heterocycles. The van der Waals surface area contributed by atoms with Crippen molar-refractivity contribution in [2.75, 3.05) is 37.0 Å². The van der Waals surface area contributed by atoms with Gasteiger partial charge in [0.05, 0.1) is 13.1 Å². The smallest absolute Gasteiger partial charge is 0.182 e. The van der Waals surface area contributed by atoms with Gasteiger partial charge in [0.15, 0.2) is 11.6 Å². The minimum absolute atomic E-state index is 0.0815. The van der Waals surface area contributed by atoms with Crippen LogP contribution in [0.1, 0.15) is 20.7 Å². The third-order valence-electron chi connectivity index (χ3n) is 5.49. The first-order valence-corrected chi connectivity index (χ1v) is 12.2. The molecule has 6 heteroatoms. The van der Waals surface area contributed by atoms with Crippen LogP contribution < -0.4 is 9.80 Å². The van der Waals surface area contributed by atoms with Gasteiger partial charge in [-0.2, -0.15) is 0 Å². The second-order valence-corrected chi connectivity index (χ2v) is 9.12. The minimum atomic E-state index is 0.0815. The second kappa shape index (κ2) is 13.5. The molecule has 0 fully saturated rings. The number of rotatable bonds is 8. The maximum absolute atomic E-state index is 12.1. The number of nitrogens with zero attached hydrogens (tertiary/aromatic N) is 2. The highest BCUT2D eigenvalue weighted by Gasteiger charge is 2.10. The van der Waals surface area contributed by atoms with Crippen LogP contribution in [-0.2, 0) is 0 Å². The lowest BCUT2D eigenvalue weighted by molar-refractivity contribution is 0.0992. The molecule has 0 radical (unpaired) electrons. The van der Waals surface area contributed by atoms with Gasteiger partial charge in [0.2, 0.25) is 0 Å². The van der Waals surface area contributed by atoms with Crippen molar-refractivity contribution in [3.63, 3.8) is 0 Å². The Morgan fingerprint density at radius 2 is 0.833 bits per heavy atom. The Hall–Kier alpha value is -3.60. The maximum Gasteiger partial charge on any atom is 0.182 e. The van der Waals surface area contributed by atoms with Gasteiger partial charge < -0.3 is 9.80 Å². The van der Waals surface area contributed by atoms with Gasteiger partial charge in [-0.1, -0.05) is 59.6 Å². The van der Waals surface area contributed by atoms with Crippen LogP contribution in [0.5, 0.6) is 0 Å². The van der Waals surface area contributed by atoms with E-state index in [1.54, 1.807) is 48.5 Å². The van der Waals surface area contributed by atoms with E-state index < -0.39 is 0 Å². The molecule has 0 atom stereocenters. The van der Waals surface area contributed by atoms with Gasteiger partial charge in [-0.15, -0.1) is 0 Å². The third-order valence-corrected chi connectivity index (χ3v) is 5.99. The van der Waals surface area contributed by atoms with Crippen LogP contribution in [-0.4, -0.2) is 38.8 Å². The summed E-state index contributed by atoms with van der Waals surface area (Å²) in [5.41, 5.74) is 3.42. The van der Waals surface area contributed by atoms with Gasteiger partial charge in [0.1, 0.15) is 0 Å². The van der Waals surface area contributed by atoms with Crippen molar-refractivity contribution in [2.45, 2.75) is 0 Å². The van der Waals surface area contributed by atoms with Crippen LogP contribution in [0.3, 0.4) is 0 Å². The lowest BCUT2D eigenvalue weighted by Gasteiger charge is -2.18. The highest BCUT2D eigenvalue weighted by atomic mass is 35.5. The summed E-state index contributed by atoms with van der Waals surface area (Å²) in [5, 5.41) is 1.28. The summed E-state index contributed by atoms with van der Waals surface area (Å²) in [7, 11) is 3.81. The third kappa shape index (κ3) is 8.26. The van der Waals surface area contributed by atoms with E-state index in [2.05, 4.69) is 0 Å². The Kier molecular flexibility index (Phi) is 10.1. The van der Waals surface area contributed by atoms with Gasteiger partial charge in [-0.25, -0.2) is 0 Å². The molecular formula is C30H28Cl2N2O2. The summed E-state index contributed by atoms with van der Waals surface area (Å²) in [6.07, 6.45) is 0. The number of para-hydroxylation sites is 2. The van der Waals surface area contributed by atoms with Crippen LogP contribution >= 0.6 is 23.2 Å². The van der Waals surface area contributed by atoms with Crippen LogP contribution in [0, 0.1) is 0 Å². The average molecular weight is 519 g/mol. The zero-order chi connectivity index (χ0) is 25.9. The Morgan fingerprint density at radius 3 is 1.14 bits per heavy atom. The van der Waals surface area contributed by atoms with Crippen LogP contribution in [0.4, 0.5) is 11.4 Å². The van der Waals surface area contributed by atoms with E-state index >= 15 is 0 Å². The summed E-state index contributed by atoms with van der Waals surface area (Å²) in [4.78, 5) is 28.0. The summed E-state index contributed by atoms with van der Waals surface area (Å²) < 4.78 is 0. The Balaban J connectivity index is 0.000000201. The minimum Gasteiger partial charge on any atom is -0.367 e. The Labute approximate surface area is 222 Å². The Morgan fingerprint density at radius 1 is 0.528 bits per heavy atom. The quantitative estimate of drug-likeness (QED) is 0.229. The van der Waals surface area contributed by atoms with E-state index in [9.17, 15) is 9.59 Å². The molecule has 0 aliphatic carbocycles. The lowest BCUT2D eigenvalue weighted by atomic mass is 10.1. The number of Topliss-reactive ketones (excluding diaryl/α,β-unsaturated/α-hetero) is 2. The lowest BCUT2D eigenvalue weighted by Crippen LogP contribution is -2.25. The fraction of sp³-hybridized carbons (Fsp3) is 0.133. The van der Waals surface area contributed by atoms with E-state index in [1.807, 2.05) is 84.6 Å². The number of hydrogen-bond donors (Lipinski definition) is 0. The fourth-order valence-electron chi connectivity index (χ4n) is 3.43. The summed E-state index contributed by atoms with van der Waals surface area (Å²) in [6, 6.07) is 33.6. The van der Waals surface area contributed by atoms with Crippen molar-refractivity contribution in [3.8, 4) is 0 Å². The molecule has 0 heterocycles. The summed E-state index contributed by atoms with van der Waals surface area (Å²) in [6.45, 7) is 0.706. The standard InChI is InChI=1S/2C15H14ClNO/c2*1-17(14-5-3-2-4-6-14)11-15(18)12-7-9-13(16)10-8-12/h2*2-10H,11H2,1H3. The number of ketones is 2. The fourth-order valence-corrected chi connectivity index (χ4v) is 3.68. The SMILES string of the molecule is CN(CC(=O)c1ccc(Cl)cc1)c1ccccc1.CN(CC(=O)c1ccc(Cl)cc1)c1ccccc1. The summed E-state index contributed by atoms with van der Waals surface area (Å²) >= 11 is 11.6. The maximum atomic E-state index is 12.1. The molecule has 0 bridgehead atoms. The van der Waals surface area contributed by atoms with Gasteiger partial charge in [0.25, 0.3) is 0 Å². The van der Waals surface area contributed by atoms with E-state index in [1.165, 1.54) is 0 Å². The molecule has 4 rings (SSSR count). The van der Waals surface area contributed by atoms with Gasteiger partial charge in [-0.3, -0.25) is 9.59 Å². The topological polar surface area (TPSA) is 40.6 Å². The van der Waals surface area contributed by atoms with Crippen LogP contribution in [0.2, 0.25) is 10.0 Å². The highest BCUT2D eigenvalue weighted by Crippen LogP contribution is 2.15. The number of likely N-dealkylation sites (N-methyl/N-ethyl adjacent to an activating group) is 2. The molecule has 184 valence electrons. The predicted molar refractivity (Wildman–Crippen MR) is 151 cm³/mol. The molecule has 0 saturated carbocycles. The molecule has 4 aromatic carbocycles. The van der Waals surface area contributed by atoms with Crippen LogP contribution in [0.15, 0.2) is 109 Å². The van der Waals surface area contributed by atoms with Crippen molar-refractivity contribution >= 4 is 46.1 Å². The van der Waals surface area contributed by atoms with Crippen molar-refractivity contribution in [1.29, 1.82) is 0 Å². The molecule has 0 aromatic heterocycles. The second-order valence-electron chi connectivity index (χ2n) is 8.24. The van der Waals surface area contributed by atoms with E-state index in [0.29, 0.717) is 34.3 Å². The molecule has 0 N–H and O–H groups in total. The van der Waals surface area contributed by atoms with Crippen molar-refractivity contribution in [1.82, 2.24) is 0 Å². The number of benzene rings is 4. The predicted octanol–water partition coefficient (Wildman–Crippen LogP) is 7.32. The molecular weight excluding hydrogens is 491 g/mol. The van der Waals surface area contributed by atoms with Crippen molar-refractivity contribution in [3.05, 3.63) is 130 Å². The molecule has 0 aliphatic rings. The molecule has 36 heavy (non-hydrogen) atoms. The molecule has 4 nitrogen and oxygen atoms in total. The van der Waals surface area contributed by atoms with Crippen LogP contribution in [0.25, 0.3) is 0 Å². The average Bonchev–Trinajstić information content (AvgIpc) is 2.90. The molecule has 0 spiro atoms. The zero-order valence-corrected chi connectivity index (χ0v) is 21.8. The zero-order valence-electron chi connectivity index (χ0n) is 20.3. The number of carbonyl (C=O) groups is 2. The normalized spacial score (nSPS) is 10.1. The number of hydrogen-bond acceptors (Lipinski definition) is 4. The van der Waals surface area contributed by atoms with Gasteiger partial charge in [0, 0.05) is 46.6 Å². The number of halogens is 2. The van der Waals surface area contributed by atoms with E-state index in [0.717, 1.165) is 11.4 Å². The monoisotopic (exact) mass is 518 g/mol. The molecule has 0 unspecified atom stereocenters. The van der Waals surface area contributed by atoms with Crippen molar-refractivity contribution < 1.29 is 9.59 Å². The number of carbonyl (C=O) groups excluding carboxylic acids is 2. The summed E-state index contributed by atoms with van der Waals surface area (Å²) in [5.74, 6) is 0.163. The van der Waals surface area contributed by atoms with Crippen molar-refractivity contribution in [2.24, 2.45) is 0 Å². The first-order valence-electron chi connectivity index (χ1n) is 11.4. The molecule has 0 aliphatic heterocycles.